The minimum atomic E-state index is 0.301. The molecule has 1 aromatic rings. The van der Waals surface area contributed by atoms with Gasteiger partial charge in [-0.1, -0.05) is 26.8 Å². The number of benzene rings is 1. The van der Waals surface area contributed by atoms with Crippen molar-refractivity contribution in [3.8, 4) is 5.75 Å². The predicted octanol–water partition coefficient (Wildman–Crippen LogP) is 2.76. The third-order valence-electron chi connectivity index (χ3n) is 2.50. The molecule has 0 heterocycles. The fourth-order valence-electron chi connectivity index (χ4n) is 2.05. The van der Waals surface area contributed by atoms with Crippen molar-refractivity contribution in [3.63, 3.8) is 0 Å². The van der Waals surface area contributed by atoms with Gasteiger partial charge in [-0.2, -0.15) is 0 Å². The number of nitrogens with two attached hydrogens (primary N) is 1. The summed E-state index contributed by atoms with van der Waals surface area (Å²) in [4.78, 5) is 2.30. The van der Waals surface area contributed by atoms with E-state index in [9.17, 15) is 0 Å². The number of ether oxygens (including phenoxy) is 1. The molecule has 0 atom stereocenters. The lowest BCUT2D eigenvalue weighted by molar-refractivity contribution is 0.218. The van der Waals surface area contributed by atoms with Crippen LogP contribution in [0.4, 0.5) is 5.69 Å². The highest BCUT2D eigenvalue weighted by molar-refractivity contribution is 5.48. The van der Waals surface area contributed by atoms with Crippen molar-refractivity contribution in [3.05, 3.63) is 23.8 Å². The molecule has 1 aromatic carbocycles. The Morgan fingerprint density at radius 1 is 1.29 bits per heavy atom. The summed E-state index contributed by atoms with van der Waals surface area (Å²) in [6, 6.07) is 5.83. The number of rotatable bonds is 4. The van der Waals surface area contributed by atoms with Crippen LogP contribution in [0.25, 0.3) is 0 Å². The number of hydrogen-bond donors (Lipinski definition) is 1. The molecule has 0 fully saturated rings. The van der Waals surface area contributed by atoms with E-state index in [4.69, 9.17) is 10.5 Å². The first kappa shape index (κ1) is 13.8. The second-order valence-corrected chi connectivity index (χ2v) is 5.80. The van der Waals surface area contributed by atoms with Crippen LogP contribution in [0.1, 0.15) is 26.3 Å². The van der Waals surface area contributed by atoms with Crippen LogP contribution >= 0.6 is 0 Å². The highest BCUT2D eigenvalue weighted by Crippen LogP contribution is 2.24. The highest BCUT2D eigenvalue weighted by atomic mass is 16.5. The molecule has 0 aliphatic rings. The highest BCUT2D eigenvalue weighted by Gasteiger charge is 2.14. The molecular weight excluding hydrogens is 212 g/mol. The molecule has 0 aliphatic heterocycles. The fourth-order valence-corrected chi connectivity index (χ4v) is 2.05. The molecular formula is C14H24N2O. The number of anilines is 1. The molecule has 0 unspecified atom stereocenters. The van der Waals surface area contributed by atoms with Gasteiger partial charge in [-0.25, -0.2) is 0 Å². The van der Waals surface area contributed by atoms with Crippen LogP contribution in [0.5, 0.6) is 5.75 Å². The molecule has 3 nitrogen and oxygen atoms in total. The minimum Gasteiger partial charge on any atom is -0.496 e. The summed E-state index contributed by atoms with van der Waals surface area (Å²) < 4.78 is 5.35. The molecule has 0 amide bonds. The first-order valence-corrected chi connectivity index (χ1v) is 5.93. The van der Waals surface area contributed by atoms with E-state index in [-0.39, 0.29) is 0 Å². The van der Waals surface area contributed by atoms with Crippen LogP contribution < -0.4 is 10.5 Å². The Bertz CT molecular complexity index is 369. The third-order valence-corrected chi connectivity index (χ3v) is 2.50. The topological polar surface area (TPSA) is 38.5 Å². The molecule has 96 valence electrons. The molecule has 0 aromatic heterocycles. The van der Waals surface area contributed by atoms with E-state index in [0.717, 1.165) is 24.5 Å². The second kappa shape index (κ2) is 5.41. The Morgan fingerprint density at radius 3 is 2.47 bits per heavy atom. The van der Waals surface area contributed by atoms with E-state index in [1.54, 1.807) is 7.11 Å². The predicted molar refractivity (Wildman–Crippen MR) is 73.2 cm³/mol. The van der Waals surface area contributed by atoms with Gasteiger partial charge >= 0.3 is 0 Å². The van der Waals surface area contributed by atoms with Gasteiger partial charge < -0.3 is 15.4 Å². The molecule has 3 heteroatoms. The number of nitrogens with zero attached hydrogens (tertiary/aromatic N) is 1. The second-order valence-electron chi connectivity index (χ2n) is 5.80. The van der Waals surface area contributed by atoms with Crippen LogP contribution in [0.15, 0.2) is 18.2 Å². The summed E-state index contributed by atoms with van der Waals surface area (Å²) in [7, 11) is 3.81. The molecule has 2 N–H and O–H groups in total. The van der Waals surface area contributed by atoms with Gasteiger partial charge in [-0.3, -0.25) is 0 Å². The minimum absolute atomic E-state index is 0.301. The van der Waals surface area contributed by atoms with E-state index in [2.05, 4.69) is 32.7 Å². The SMILES string of the molecule is COc1cc(N)ccc1CN(C)CC(C)(C)C. The Labute approximate surface area is 105 Å². The Balaban J connectivity index is 2.74. The summed E-state index contributed by atoms with van der Waals surface area (Å²) in [6.07, 6.45) is 0. The lowest BCUT2D eigenvalue weighted by Gasteiger charge is -2.27. The van der Waals surface area contributed by atoms with Gasteiger partial charge in [-0.15, -0.1) is 0 Å². The smallest absolute Gasteiger partial charge is 0.125 e. The maximum Gasteiger partial charge on any atom is 0.125 e. The lowest BCUT2D eigenvalue weighted by atomic mass is 9.96. The van der Waals surface area contributed by atoms with Crippen molar-refractivity contribution in [1.29, 1.82) is 0 Å². The van der Waals surface area contributed by atoms with E-state index in [1.165, 1.54) is 5.56 Å². The molecule has 0 aliphatic carbocycles. The monoisotopic (exact) mass is 236 g/mol. The van der Waals surface area contributed by atoms with Crippen molar-refractivity contribution >= 4 is 5.69 Å². The fraction of sp³-hybridized carbons (Fsp3) is 0.571. The molecule has 0 saturated carbocycles. The van der Waals surface area contributed by atoms with Crippen LogP contribution in [0.3, 0.4) is 0 Å². The average molecular weight is 236 g/mol. The van der Waals surface area contributed by atoms with Gasteiger partial charge in [0.1, 0.15) is 5.75 Å². The zero-order valence-electron chi connectivity index (χ0n) is 11.6. The van der Waals surface area contributed by atoms with Crippen molar-refractivity contribution < 1.29 is 4.74 Å². The summed E-state index contributed by atoms with van der Waals surface area (Å²) in [5, 5.41) is 0. The molecule has 0 spiro atoms. The van der Waals surface area contributed by atoms with Gasteiger partial charge in [0.05, 0.1) is 7.11 Å². The van der Waals surface area contributed by atoms with Crippen LogP contribution in [-0.2, 0) is 6.54 Å². The first-order chi connectivity index (χ1) is 7.81. The Morgan fingerprint density at radius 2 is 1.94 bits per heavy atom. The van der Waals surface area contributed by atoms with E-state index in [0.29, 0.717) is 5.41 Å². The van der Waals surface area contributed by atoms with Crippen molar-refractivity contribution in [2.75, 3.05) is 26.4 Å². The lowest BCUT2D eigenvalue weighted by Crippen LogP contribution is -2.29. The zero-order chi connectivity index (χ0) is 13.1. The normalized spacial score (nSPS) is 11.9. The number of nitrogen functional groups attached to an aromatic ring is 1. The zero-order valence-corrected chi connectivity index (χ0v) is 11.6. The number of methoxy groups -OCH3 is 1. The third kappa shape index (κ3) is 4.65. The maximum absolute atomic E-state index is 5.74. The number of hydrogen-bond acceptors (Lipinski definition) is 3. The summed E-state index contributed by atoms with van der Waals surface area (Å²) in [6.45, 7) is 8.64. The van der Waals surface area contributed by atoms with Crippen molar-refractivity contribution in [2.24, 2.45) is 5.41 Å². The Kier molecular flexibility index (Phi) is 4.40. The van der Waals surface area contributed by atoms with Crippen LogP contribution in [0.2, 0.25) is 0 Å². The van der Waals surface area contributed by atoms with Gasteiger partial charge in [0.2, 0.25) is 0 Å². The van der Waals surface area contributed by atoms with Crippen LogP contribution in [0, 0.1) is 5.41 Å². The summed E-state index contributed by atoms with van der Waals surface area (Å²) in [5.41, 5.74) is 7.96. The van der Waals surface area contributed by atoms with Crippen LogP contribution in [-0.4, -0.2) is 25.6 Å². The quantitative estimate of drug-likeness (QED) is 0.817. The molecule has 17 heavy (non-hydrogen) atoms. The van der Waals surface area contributed by atoms with E-state index >= 15 is 0 Å². The van der Waals surface area contributed by atoms with E-state index in [1.807, 2.05) is 18.2 Å². The first-order valence-electron chi connectivity index (χ1n) is 5.93. The molecule has 0 saturated heterocycles. The van der Waals surface area contributed by atoms with E-state index < -0.39 is 0 Å². The van der Waals surface area contributed by atoms with Crippen molar-refractivity contribution in [1.82, 2.24) is 4.90 Å². The molecule has 0 radical (unpaired) electrons. The Hall–Kier alpha value is -1.22. The maximum atomic E-state index is 5.74. The summed E-state index contributed by atoms with van der Waals surface area (Å²) >= 11 is 0. The standard InChI is InChI=1S/C14H24N2O/c1-14(2,3)10-16(4)9-11-6-7-12(15)8-13(11)17-5/h6-8H,9-10,15H2,1-5H3. The molecule has 0 bridgehead atoms. The van der Waals surface area contributed by atoms with Gasteiger partial charge in [0.15, 0.2) is 0 Å². The van der Waals surface area contributed by atoms with Gasteiger partial charge in [-0.05, 0) is 18.5 Å². The van der Waals surface area contributed by atoms with Crippen molar-refractivity contribution in [2.45, 2.75) is 27.3 Å². The average Bonchev–Trinajstić information content (AvgIpc) is 2.17. The van der Waals surface area contributed by atoms with Gasteiger partial charge in [0.25, 0.3) is 0 Å². The van der Waals surface area contributed by atoms with Gasteiger partial charge in [0, 0.05) is 30.4 Å². The summed E-state index contributed by atoms with van der Waals surface area (Å²) in [5.74, 6) is 0.866. The molecule has 1 rings (SSSR count). The largest absolute Gasteiger partial charge is 0.496 e.